The van der Waals surface area contributed by atoms with Crippen LogP contribution in [-0.4, -0.2) is 13.2 Å². The molecule has 0 radical (unpaired) electrons. The van der Waals surface area contributed by atoms with Crippen LogP contribution in [0.3, 0.4) is 0 Å². The molecule has 2 unspecified atom stereocenters. The van der Waals surface area contributed by atoms with Crippen molar-refractivity contribution in [3.63, 3.8) is 0 Å². The van der Waals surface area contributed by atoms with E-state index in [2.05, 4.69) is 61.6 Å². The lowest BCUT2D eigenvalue weighted by Gasteiger charge is -2.15. The summed E-state index contributed by atoms with van der Waals surface area (Å²) in [5.41, 5.74) is 5.23. The molecule has 0 saturated carbocycles. The molecule has 1 aliphatic heterocycles. The van der Waals surface area contributed by atoms with Crippen molar-refractivity contribution in [2.45, 2.75) is 38.8 Å². The number of rotatable bonds is 4. The fourth-order valence-electron chi connectivity index (χ4n) is 3.14. The van der Waals surface area contributed by atoms with Crippen molar-refractivity contribution in [2.24, 2.45) is 0 Å². The highest BCUT2D eigenvalue weighted by molar-refractivity contribution is 5.67. The van der Waals surface area contributed by atoms with Crippen LogP contribution < -0.4 is 10.1 Å². The maximum atomic E-state index is 5.78. The van der Waals surface area contributed by atoms with E-state index in [0.29, 0.717) is 12.1 Å². The molecule has 2 atom stereocenters. The number of nitrogens with one attached hydrogen (secondary N) is 1. The van der Waals surface area contributed by atoms with Crippen molar-refractivity contribution < 1.29 is 4.74 Å². The van der Waals surface area contributed by atoms with Crippen LogP contribution in [0.4, 0.5) is 0 Å². The number of fused-ring (bicyclic) bond motifs is 1. The normalized spacial score (nSPS) is 18.1. The van der Waals surface area contributed by atoms with Crippen molar-refractivity contribution in [1.29, 1.82) is 0 Å². The highest BCUT2D eigenvalue weighted by Gasteiger charge is 2.19. The molecule has 0 bridgehead atoms. The highest BCUT2D eigenvalue weighted by Crippen LogP contribution is 2.33. The third kappa shape index (κ3) is 2.81. The third-order valence-corrected chi connectivity index (χ3v) is 4.28. The monoisotopic (exact) mass is 281 g/mol. The van der Waals surface area contributed by atoms with Gasteiger partial charge in [-0.1, -0.05) is 31.2 Å². The number of benzene rings is 2. The number of hydrogen-bond acceptors (Lipinski definition) is 2. The first-order valence-corrected chi connectivity index (χ1v) is 7.78. The number of hydrogen-bond donors (Lipinski definition) is 1. The molecule has 0 fully saturated rings. The van der Waals surface area contributed by atoms with Crippen LogP contribution in [0.2, 0.25) is 0 Å². The molecule has 110 valence electrons. The van der Waals surface area contributed by atoms with Crippen molar-refractivity contribution in [2.75, 3.05) is 7.05 Å². The van der Waals surface area contributed by atoms with Crippen LogP contribution in [0.5, 0.6) is 5.75 Å². The Balaban J connectivity index is 1.94. The van der Waals surface area contributed by atoms with Gasteiger partial charge in [0.15, 0.2) is 0 Å². The van der Waals surface area contributed by atoms with Gasteiger partial charge in [0.2, 0.25) is 0 Å². The second kappa shape index (κ2) is 5.90. The van der Waals surface area contributed by atoms with Gasteiger partial charge in [-0.2, -0.15) is 0 Å². The smallest absolute Gasteiger partial charge is 0.123 e. The van der Waals surface area contributed by atoms with E-state index >= 15 is 0 Å². The Morgan fingerprint density at radius 2 is 2.00 bits per heavy atom. The zero-order valence-corrected chi connectivity index (χ0v) is 13.0. The summed E-state index contributed by atoms with van der Waals surface area (Å²) in [5, 5.41) is 3.37. The van der Waals surface area contributed by atoms with Gasteiger partial charge in [-0.15, -0.1) is 0 Å². The van der Waals surface area contributed by atoms with Crippen LogP contribution in [-0.2, 0) is 6.42 Å². The first-order chi connectivity index (χ1) is 10.2. The molecular weight excluding hydrogens is 258 g/mol. The summed E-state index contributed by atoms with van der Waals surface area (Å²) >= 11 is 0. The van der Waals surface area contributed by atoms with Gasteiger partial charge >= 0.3 is 0 Å². The van der Waals surface area contributed by atoms with E-state index in [0.717, 1.165) is 18.6 Å². The third-order valence-electron chi connectivity index (χ3n) is 4.28. The lowest BCUT2D eigenvalue weighted by atomic mass is 9.96. The maximum absolute atomic E-state index is 5.78. The molecule has 2 nitrogen and oxygen atoms in total. The minimum atomic E-state index is 0.301. The second-order valence-electron chi connectivity index (χ2n) is 5.83. The molecule has 0 spiro atoms. The van der Waals surface area contributed by atoms with E-state index in [1.54, 1.807) is 0 Å². The molecule has 3 rings (SSSR count). The topological polar surface area (TPSA) is 21.3 Å². The molecule has 1 heterocycles. The van der Waals surface area contributed by atoms with Crippen LogP contribution >= 0.6 is 0 Å². The largest absolute Gasteiger partial charge is 0.490 e. The Hall–Kier alpha value is -1.80. The Morgan fingerprint density at radius 1 is 1.19 bits per heavy atom. The molecule has 2 heteroatoms. The Labute approximate surface area is 127 Å². The van der Waals surface area contributed by atoms with E-state index < -0.39 is 0 Å². The molecule has 21 heavy (non-hydrogen) atoms. The van der Waals surface area contributed by atoms with Crippen molar-refractivity contribution >= 4 is 0 Å². The molecule has 0 aliphatic carbocycles. The van der Waals surface area contributed by atoms with Crippen LogP contribution in [0.1, 0.15) is 37.4 Å². The fraction of sp³-hybridized carbons (Fsp3) is 0.368. The standard InChI is InChI=1S/C19H23NO/c1-4-18(20-3)16-7-5-6-14(11-16)15-8-9-19-17(12-15)10-13(2)21-19/h5-9,11-13,18,20H,4,10H2,1-3H3. The molecular formula is C19H23NO. The van der Waals surface area contributed by atoms with Gasteiger partial charge in [-0.25, -0.2) is 0 Å². The summed E-state index contributed by atoms with van der Waals surface area (Å²) in [5.74, 6) is 1.05. The van der Waals surface area contributed by atoms with Crippen molar-refractivity contribution in [1.82, 2.24) is 5.32 Å². The van der Waals surface area contributed by atoms with Crippen molar-refractivity contribution in [3.8, 4) is 16.9 Å². The summed E-state index contributed by atoms with van der Waals surface area (Å²) in [6, 6.07) is 15.8. The molecule has 2 aromatic rings. The Bertz CT molecular complexity index is 631. The molecule has 2 aromatic carbocycles. The quantitative estimate of drug-likeness (QED) is 0.899. The van der Waals surface area contributed by atoms with Gasteiger partial charge < -0.3 is 10.1 Å². The SMILES string of the molecule is CCC(NC)c1cccc(-c2ccc3c(c2)CC(C)O3)c1. The van der Waals surface area contributed by atoms with Crippen LogP contribution in [0.25, 0.3) is 11.1 Å². The zero-order valence-electron chi connectivity index (χ0n) is 13.0. The van der Waals surface area contributed by atoms with Crippen LogP contribution in [0, 0.1) is 0 Å². The first-order valence-electron chi connectivity index (χ1n) is 7.78. The fourth-order valence-corrected chi connectivity index (χ4v) is 3.14. The lowest BCUT2D eigenvalue weighted by molar-refractivity contribution is 0.254. The van der Waals surface area contributed by atoms with Gasteiger partial charge in [-0.05, 0) is 60.8 Å². The summed E-state index contributed by atoms with van der Waals surface area (Å²) in [6.07, 6.45) is 2.40. The first kappa shape index (κ1) is 14.2. The Kier molecular flexibility index (Phi) is 3.98. The molecule has 0 amide bonds. The summed E-state index contributed by atoms with van der Waals surface area (Å²) in [4.78, 5) is 0. The van der Waals surface area contributed by atoms with Gasteiger partial charge in [0, 0.05) is 12.5 Å². The summed E-state index contributed by atoms with van der Waals surface area (Å²) in [7, 11) is 2.02. The predicted octanol–water partition coefficient (Wildman–Crippen LogP) is 4.35. The van der Waals surface area contributed by atoms with E-state index in [1.807, 2.05) is 7.05 Å². The predicted molar refractivity (Wildman–Crippen MR) is 87.8 cm³/mol. The van der Waals surface area contributed by atoms with Gasteiger partial charge in [0.05, 0.1) is 0 Å². The van der Waals surface area contributed by atoms with Gasteiger partial charge in [0.25, 0.3) is 0 Å². The maximum Gasteiger partial charge on any atom is 0.123 e. The second-order valence-corrected chi connectivity index (χ2v) is 5.83. The average Bonchev–Trinajstić information content (AvgIpc) is 2.88. The molecule has 0 aromatic heterocycles. The van der Waals surface area contributed by atoms with Crippen molar-refractivity contribution in [3.05, 3.63) is 53.6 Å². The molecule has 0 saturated heterocycles. The lowest BCUT2D eigenvalue weighted by Crippen LogP contribution is -2.15. The van der Waals surface area contributed by atoms with E-state index in [4.69, 9.17) is 4.74 Å². The van der Waals surface area contributed by atoms with E-state index in [9.17, 15) is 0 Å². The summed E-state index contributed by atoms with van der Waals surface area (Å²) < 4.78 is 5.78. The van der Waals surface area contributed by atoms with E-state index in [1.165, 1.54) is 22.3 Å². The average molecular weight is 281 g/mol. The summed E-state index contributed by atoms with van der Waals surface area (Å²) in [6.45, 7) is 4.33. The highest BCUT2D eigenvalue weighted by atomic mass is 16.5. The molecule has 1 N–H and O–H groups in total. The minimum absolute atomic E-state index is 0.301. The molecule has 1 aliphatic rings. The zero-order chi connectivity index (χ0) is 14.8. The van der Waals surface area contributed by atoms with Gasteiger partial charge in [-0.3, -0.25) is 0 Å². The van der Waals surface area contributed by atoms with E-state index in [-0.39, 0.29) is 0 Å². The van der Waals surface area contributed by atoms with Crippen LogP contribution in [0.15, 0.2) is 42.5 Å². The number of ether oxygens (including phenoxy) is 1. The minimum Gasteiger partial charge on any atom is -0.490 e. The Morgan fingerprint density at radius 3 is 2.76 bits per heavy atom. The van der Waals surface area contributed by atoms with Gasteiger partial charge in [0.1, 0.15) is 11.9 Å².